The van der Waals surface area contributed by atoms with Crippen molar-refractivity contribution in [3.05, 3.63) is 71.0 Å². The molecule has 1 N–H and O–H groups in total. The number of nitrogens with zero attached hydrogens (tertiary/aromatic N) is 3. The number of thioether (sulfide) groups is 1. The van der Waals surface area contributed by atoms with Gasteiger partial charge >= 0.3 is 0 Å². The molecule has 1 aromatic heterocycles. The normalized spacial score (nSPS) is 10.5. The second-order valence-electron chi connectivity index (χ2n) is 6.20. The molecule has 162 valence electrons. The zero-order valence-electron chi connectivity index (χ0n) is 16.7. The molecule has 1 amide bonds. The summed E-state index contributed by atoms with van der Waals surface area (Å²) in [6.45, 7) is 4.45. The molecule has 3 aromatic rings. The summed E-state index contributed by atoms with van der Waals surface area (Å²) in [4.78, 5) is 12.3. The van der Waals surface area contributed by atoms with E-state index in [0.29, 0.717) is 44.8 Å². The SMILES string of the molecule is C=CCn1c(COc2ccccc2OC)nnc1SCC(=O)Nc1ccc(Cl)cc1Cl. The van der Waals surface area contributed by atoms with Gasteiger partial charge in [0.1, 0.15) is 6.61 Å². The smallest absolute Gasteiger partial charge is 0.234 e. The van der Waals surface area contributed by atoms with E-state index in [-0.39, 0.29) is 18.3 Å². The van der Waals surface area contributed by atoms with Crippen LogP contribution < -0.4 is 14.8 Å². The maximum absolute atomic E-state index is 12.3. The fourth-order valence-corrected chi connectivity index (χ4v) is 3.85. The van der Waals surface area contributed by atoms with Crippen LogP contribution in [0.4, 0.5) is 5.69 Å². The van der Waals surface area contributed by atoms with Gasteiger partial charge in [-0.3, -0.25) is 9.36 Å². The lowest BCUT2D eigenvalue weighted by molar-refractivity contribution is -0.113. The third kappa shape index (κ3) is 6.16. The molecule has 1 heterocycles. The molecule has 10 heteroatoms. The lowest BCUT2D eigenvalue weighted by atomic mass is 10.3. The average molecular weight is 479 g/mol. The average Bonchev–Trinajstić information content (AvgIpc) is 3.15. The molecule has 7 nitrogen and oxygen atoms in total. The molecule has 0 spiro atoms. The fourth-order valence-electron chi connectivity index (χ4n) is 2.63. The minimum atomic E-state index is -0.228. The van der Waals surface area contributed by atoms with E-state index < -0.39 is 0 Å². The summed E-state index contributed by atoms with van der Waals surface area (Å²) in [7, 11) is 1.58. The van der Waals surface area contributed by atoms with Crippen molar-refractivity contribution in [2.75, 3.05) is 18.2 Å². The van der Waals surface area contributed by atoms with Crippen LogP contribution in [0, 0.1) is 0 Å². The molecule has 0 bridgehead atoms. The second kappa shape index (κ2) is 11.1. The molecule has 0 aliphatic rings. The Morgan fingerprint density at radius 1 is 1.23 bits per heavy atom. The van der Waals surface area contributed by atoms with Gasteiger partial charge in [-0.05, 0) is 30.3 Å². The van der Waals surface area contributed by atoms with Crippen LogP contribution >= 0.6 is 35.0 Å². The standard InChI is InChI=1S/C21H20Cl2N4O3S/c1-3-10-27-19(12-30-18-7-5-4-6-17(18)29-2)25-26-21(27)31-13-20(28)24-16-9-8-14(22)11-15(16)23/h3-9,11H,1,10,12-13H2,2H3,(H,24,28). The number of benzene rings is 2. The van der Waals surface area contributed by atoms with Crippen molar-refractivity contribution in [3.8, 4) is 11.5 Å². The molecule has 0 atom stereocenters. The topological polar surface area (TPSA) is 78.3 Å². The second-order valence-corrected chi connectivity index (χ2v) is 7.98. The van der Waals surface area contributed by atoms with Gasteiger partial charge in [-0.2, -0.15) is 0 Å². The van der Waals surface area contributed by atoms with E-state index in [1.807, 2.05) is 28.8 Å². The third-order valence-electron chi connectivity index (χ3n) is 4.07. The Morgan fingerprint density at radius 2 is 2.00 bits per heavy atom. The Morgan fingerprint density at radius 3 is 2.71 bits per heavy atom. The van der Waals surface area contributed by atoms with E-state index in [1.54, 1.807) is 31.4 Å². The predicted octanol–water partition coefficient (Wildman–Crippen LogP) is 5.09. The minimum absolute atomic E-state index is 0.127. The Kier molecular flexibility index (Phi) is 8.22. The molecule has 0 fully saturated rings. The van der Waals surface area contributed by atoms with Crippen molar-refractivity contribution in [1.29, 1.82) is 0 Å². The molecule has 0 unspecified atom stereocenters. The van der Waals surface area contributed by atoms with E-state index in [4.69, 9.17) is 32.7 Å². The van der Waals surface area contributed by atoms with Crippen molar-refractivity contribution in [2.24, 2.45) is 0 Å². The summed E-state index contributed by atoms with van der Waals surface area (Å²) in [5.41, 5.74) is 0.495. The van der Waals surface area contributed by atoms with Crippen LogP contribution in [0.15, 0.2) is 60.3 Å². The number of para-hydroxylation sites is 2. The minimum Gasteiger partial charge on any atom is -0.493 e. The third-order valence-corrected chi connectivity index (χ3v) is 5.58. The highest BCUT2D eigenvalue weighted by Crippen LogP contribution is 2.28. The summed E-state index contributed by atoms with van der Waals surface area (Å²) in [6, 6.07) is 12.2. The van der Waals surface area contributed by atoms with Gasteiger partial charge in [0.15, 0.2) is 22.5 Å². The number of anilines is 1. The highest BCUT2D eigenvalue weighted by molar-refractivity contribution is 7.99. The van der Waals surface area contributed by atoms with E-state index in [1.165, 1.54) is 11.8 Å². The Bertz CT molecular complexity index is 1070. The lowest BCUT2D eigenvalue weighted by Gasteiger charge is -2.11. The highest BCUT2D eigenvalue weighted by atomic mass is 35.5. The first kappa shape index (κ1) is 23.0. The number of rotatable bonds is 10. The zero-order valence-corrected chi connectivity index (χ0v) is 19.0. The highest BCUT2D eigenvalue weighted by Gasteiger charge is 2.15. The first-order valence-electron chi connectivity index (χ1n) is 9.18. The number of aromatic nitrogens is 3. The Hall–Kier alpha value is -2.68. The van der Waals surface area contributed by atoms with E-state index >= 15 is 0 Å². The van der Waals surface area contributed by atoms with Crippen LogP contribution in [0.5, 0.6) is 11.5 Å². The molecule has 0 saturated heterocycles. The van der Waals surface area contributed by atoms with Gasteiger partial charge in [0.25, 0.3) is 0 Å². The number of amides is 1. The number of ether oxygens (including phenoxy) is 2. The number of hydrogen-bond acceptors (Lipinski definition) is 6. The molecular formula is C21H20Cl2N4O3S. The van der Waals surface area contributed by atoms with Gasteiger partial charge in [-0.1, -0.05) is 53.2 Å². The maximum atomic E-state index is 12.3. The zero-order chi connectivity index (χ0) is 22.2. The maximum Gasteiger partial charge on any atom is 0.234 e. The van der Waals surface area contributed by atoms with E-state index in [2.05, 4.69) is 22.1 Å². The molecular weight excluding hydrogens is 459 g/mol. The number of halogens is 2. The molecule has 0 aliphatic heterocycles. The van der Waals surface area contributed by atoms with E-state index in [9.17, 15) is 4.79 Å². The molecule has 0 radical (unpaired) electrons. The summed E-state index contributed by atoms with van der Waals surface area (Å²) in [5, 5.41) is 12.6. The largest absolute Gasteiger partial charge is 0.493 e. The Labute approximate surface area is 194 Å². The number of hydrogen-bond donors (Lipinski definition) is 1. The monoisotopic (exact) mass is 478 g/mol. The first-order chi connectivity index (χ1) is 15.0. The number of nitrogens with one attached hydrogen (secondary N) is 1. The number of methoxy groups -OCH3 is 1. The summed E-state index contributed by atoms with van der Waals surface area (Å²) < 4.78 is 13.0. The van der Waals surface area contributed by atoms with Crippen molar-refractivity contribution in [2.45, 2.75) is 18.3 Å². The van der Waals surface area contributed by atoms with Crippen LogP contribution in [0.25, 0.3) is 0 Å². The predicted molar refractivity (Wildman–Crippen MR) is 123 cm³/mol. The van der Waals surface area contributed by atoms with Gasteiger partial charge in [0, 0.05) is 11.6 Å². The molecule has 0 aliphatic carbocycles. The molecule has 0 saturated carbocycles. The van der Waals surface area contributed by atoms with Crippen LogP contribution in [0.2, 0.25) is 10.0 Å². The fraction of sp³-hybridized carbons (Fsp3) is 0.190. The van der Waals surface area contributed by atoms with Crippen LogP contribution in [-0.2, 0) is 17.9 Å². The van der Waals surface area contributed by atoms with Crippen molar-refractivity contribution >= 4 is 46.6 Å². The van der Waals surface area contributed by atoms with Gasteiger partial charge in [0.05, 0.1) is 23.6 Å². The summed E-state index contributed by atoms with van der Waals surface area (Å²) in [6.07, 6.45) is 1.73. The number of allylic oxidation sites excluding steroid dienone is 1. The Balaban J connectivity index is 1.64. The molecule has 3 rings (SSSR count). The van der Waals surface area contributed by atoms with Crippen molar-refractivity contribution in [1.82, 2.24) is 14.8 Å². The molecule has 31 heavy (non-hydrogen) atoms. The van der Waals surface area contributed by atoms with Gasteiger partial charge in [-0.25, -0.2) is 0 Å². The summed E-state index contributed by atoms with van der Waals surface area (Å²) in [5.74, 6) is 1.74. The number of carbonyl (C=O) groups excluding carboxylic acids is 1. The van der Waals surface area contributed by atoms with E-state index in [0.717, 1.165) is 0 Å². The van der Waals surface area contributed by atoms with Crippen molar-refractivity contribution < 1.29 is 14.3 Å². The quantitative estimate of drug-likeness (QED) is 0.323. The van der Waals surface area contributed by atoms with Gasteiger partial charge < -0.3 is 14.8 Å². The first-order valence-corrected chi connectivity index (χ1v) is 10.9. The number of carbonyl (C=O) groups is 1. The van der Waals surface area contributed by atoms with Crippen LogP contribution in [0.3, 0.4) is 0 Å². The van der Waals surface area contributed by atoms with Gasteiger partial charge in [0.2, 0.25) is 5.91 Å². The summed E-state index contributed by atoms with van der Waals surface area (Å²) >= 11 is 13.2. The van der Waals surface area contributed by atoms with Crippen LogP contribution in [0.1, 0.15) is 5.82 Å². The van der Waals surface area contributed by atoms with Gasteiger partial charge in [-0.15, -0.1) is 16.8 Å². The van der Waals surface area contributed by atoms with Crippen molar-refractivity contribution in [3.63, 3.8) is 0 Å². The molecule has 2 aromatic carbocycles. The lowest BCUT2D eigenvalue weighted by Crippen LogP contribution is -2.15. The van der Waals surface area contributed by atoms with Crippen LogP contribution in [-0.4, -0.2) is 33.5 Å².